The van der Waals surface area contributed by atoms with Crippen LogP contribution in [0.2, 0.25) is 0 Å². The zero-order valence-electron chi connectivity index (χ0n) is 20.2. The van der Waals surface area contributed by atoms with Crippen LogP contribution in [-0.2, 0) is 25.7 Å². The molecule has 0 bridgehead atoms. The number of H-pyrrole nitrogens is 1. The SMILES string of the molecule is CC(C)(C)OC(=O)CN1CC[C@H](c2c[nH]c3ccccc23)[C@@H](NC(=O)OCc2ccccc2)C1=O. The first-order valence-corrected chi connectivity index (χ1v) is 11.7. The van der Waals surface area contributed by atoms with Crippen LogP contribution in [0.4, 0.5) is 4.79 Å². The van der Waals surface area contributed by atoms with E-state index in [0.717, 1.165) is 22.0 Å². The number of carbonyl (C=O) groups is 3. The molecule has 35 heavy (non-hydrogen) atoms. The molecule has 1 aliphatic heterocycles. The highest BCUT2D eigenvalue weighted by atomic mass is 16.6. The Labute approximate surface area is 204 Å². The first kappa shape index (κ1) is 24.3. The molecule has 2 aromatic carbocycles. The van der Waals surface area contributed by atoms with Gasteiger partial charge in [-0.1, -0.05) is 48.5 Å². The molecule has 4 rings (SSSR count). The summed E-state index contributed by atoms with van der Waals surface area (Å²) in [6.07, 6.45) is 1.77. The van der Waals surface area contributed by atoms with Crippen molar-refractivity contribution in [2.45, 2.75) is 51.4 Å². The summed E-state index contributed by atoms with van der Waals surface area (Å²) in [5.41, 5.74) is 2.09. The Hall–Kier alpha value is -3.81. The molecule has 2 amide bonds. The van der Waals surface area contributed by atoms with Crippen LogP contribution in [0, 0.1) is 0 Å². The second-order valence-corrected chi connectivity index (χ2v) is 9.71. The van der Waals surface area contributed by atoms with E-state index in [1.54, 1.807) is 20.8 Å². The van der Waals surface area contributed by atoms with Gasteiger partial charge >= 0.3 is 12.1 Å². The molecule has 0 aliphatic carbocycles. The lowest BCUT2D eigenvalue weighted by molar-refractivity contribution is -0.160. The number of nitrogens with zero attached hydrogens (tertiary/aromatic N) is 1. The van der Waals surface area contributed by atoms with E-state index in [4.69, 9.17) is 9.47 Å². The van der Waals surface area contributed by atoms with Crippen LogP contribution in [0.5, 0.6) is 0 Å². The number of nitrogens with one attached hydrogen (secondary N) is 2. The Morgan fingerprint density at radius 3 is 2.54 bits per heavy atom. The average molecular weight is 478 g/mol. The van der Waals surface area contributed by atoms with E-state index in [1.807, 2.05) is 60.8 Å². The molecule has 8 heteroatoms. The van der Waals surface area contributed by atoms with Gasteiger partial charge in [-0.05, 0) is 44.4 Å². The summed E-state index contributed by atoms with van der Waals surface area (Å²) in [5.74, 6) is -1.10. The number of likely N-dealkylation sites (tertiary alicyclic amines) is 1. The fourth-order valence-electron chi connectivity index (χ4n) is 4.42. The minimum atomic E-state index is -0.881. The zero-order chi connectivity index (χ0) is 25.0. The van der Waals surface area contributed by atoms with Gasteiger partial charge in [-0.25, -0.2) is 4.79 Å². The van der Waals surface area contributed by atoms with Crippen LogP contribution in [0.3, 0.4) is 0 Å². The summed E-state index contributed by atoms with van der Waals surface area (Å²) >= 11 is 0. The van der Waals surface area contributed by atoms with Gasteiger partial charge in [0.05, 0.1) is 0 Å². The molecule has 2 atom stereocenters. The molecule has 0 spiro atoms. The summed E-state index contributed by atoms with van der Waals surface area (Å²) in [7, 11) is 0. The summed E-state index contributed by atoms with van der Waals surface area (Å²) in [5, 5.41) is 3.77. The lowest BCUT2D eigenvalue weighted by atomic mass is 9.84. The van der Waals surface area contributed by atoms with E-state index in [2.05, 4.69) is 10.3 Å². The number of aromatic amines is 1. The third-order valence-electron chi connectivity index (χ3n) is 5.94. The van der Waals surface area contributed by atoms with E-state index in [9.17, 15) is 14.4 Å². The minimum absolute atomic E-state index is 0.0902. The summed E-state index contributed by atoms with van der Waals surface area (Å²) in [4.78, 5) is 43.3. The summed E-state index contributed by atoms with van der Waals surface area (Å²) < 4.78 is 10.8. The number of amides is 2. The molecular formula is C27H31N3O5. The van der Waals surface area contributed by atoms with Gasteiger partial charge in [-0.3, -0.25) is 9.59 Å². The summed E-state index contributed by atoms with van der Waals surface area (Å²) in [6.45, 7) is 5.63. The van der Waals surface area contributed by atoms with Gasteiger partial charge in [0, 0.05) is 29.6 Å². The van der Waals surface area contributed by atoms with Crippen LogP contribution in [0.15, 0.2) is 60.8 Å². The fraction of sp³-hybridized carbons (Fsp3) is 0.370. The van der Waals surface area contributed by atoms with Crippen LogP contribution in [0.25, 0.3) is 10.9 Å². The van der Waals surface area contributed by atoms with Gasteiger partial charge in [0.1, 0.15) is 24.8 Å². The Kier molecular flexibility index (Phi) is 7.10. The van der Waals surface area contributed by atoms with Gasteiger partial charge in [-0.2, -0.15) is 0 Å². The molecule has 0 radical (unpaired) electrons. The quantitative estimate of drug-likeness (QED) is 0.520. The van der Waals surface area contributed by atoms with E-state index < -0.39 is 23.7 Å². The normalized spacial score (nSPS) is 18.4. The number of esters is 1. The van der Waals surface area contributed by atoms with Crippen molar-refractivity contribution in [3.63, 3.8) is 0 Å². The second kappa shape index (κ2) is 10.2. The fourth-order valence-corrected chi connectivity index (χ4v) is 4.42. The van der Waals surface area contributed by atoms with Crippen LogP contribution in [-0.4, -0.2) is 52.6 Å². The molecule has 0 saturated carbocycles. The average Bonchev–Trinajstić information content (AvgIpc) is 3.24. The number of alkyl carbamates (subject to hydrolysis) is 1. The monoisotopic (exact) mass is 477 g/mol. The van der Waals surface area contributed by atoms with Crippen molar-refractivity contribution in [3.05, 3.63) is 71.9 Å². The number of hydrogen-bond acceptors (Lipinski definition) is 5. The number of ether oxygens (including phenoxy) is 2. The topological polar surface area (TPSA) is 101 Å². The van der Waals surface area contributed by atoms with Gasteiger partial charge in [0.2, 0.25) is 5.91 Å². The Morgan fingerprint density at radius 2 is 1.80 bits per heavy atom. The number of para-hydroxylation sites is 1. The van der Waals surface area contributed by atoms with E-state index in [0.29, 0.717) is 13.0 Å². The number of carbonyl (C=O) groups excluding carboxylic acids is 3. The van der Waals surface area contributed by atoms with Gasteiger partial charge < -0.3 is 24.7 Å². The third kappa shape index (κ3) is 6.01. The second-order valence-electron chi connectivity index (χ2n) is 9.71. The predicted octanol–water partition coefficient (Wildman–Crippen LogP) is 4.12. The molecule has 1 aromatic heterocycles. The standard InChI is InChI=1S/C27H31N3O5/c1-27(2,3)35-23(31)16-30-14-13-20(21-15-28-22-12-8-7-11-19(21)22)24(25(30)32)29-26(33)34-17-18-9-5-4-6-10-18/h4-12,15,20,24,28H,13-14,16-17H2,1-3H3,(H,29,33)/t20-,24-/m1/s1. The van der Waals surface area contributed by atoms with Crippen molar-refractivity contribution in [2.75, 3.05) is 13.1 Å². The van der Waals surface area contributed by atoms with Gasteiger partial charge in [0.15, 0.2) is 0 Å². The molecular weight excluding hydrogens is 446 g/mol. The van der Waals surface area contributed by atoms with Gasteiger partial charge in [-0.15, -0.1) is 0 Å². The lowest BCUT2D eigenvalue weighted by Gasteiger charge is -2.37. The first-order chi connectivity index (χ1) is 16.7. The highest BCUT2D eigenvalue weighted by molar-refractivity contribution is 5.92. The van der Waals surface area contributed by atoms with Crippen molar-refractivity contribution in [2.24, 2.45) is 0 Å². The minimum Gasteiger partial charge on any atom is -0.459 e. The summed E-state index contributed by atoms with van der Waals surface area (Å²) in [6, 6.07) is 16.3. The van der Waals surface area contributed by atoms with Crippen molar-refractivity contribution in [1.82, 2.24) is 15.2 Å². The molecule has 3 aromatic rings. The van der Waals surface area contributed by atoms with Crippen molar-refractivity contribution < 1.29 is 23.9 Å². The maximum absolute atomic E-state index is 13.5. The number of fused-ring (bicyclic) bond motifs is 1. The number of rotatable bonds is 6. The Balaban J connectivity index is 1.53. The molecule has 1 fully saturated rings. The molecule has 1 aliphatic rings. The van der Waals surface area contributed by atoms with Crippen molar-refractivity contribution in [3.8, 4) is 0 Å². The number of piperidine rings is 1. The van der Waals surface area contributed by atoms with E-state index in [-0.39, 0.29) is 25.0 Å². The Bertz CT molecular complexity index is 1200. The van der Waals surface area contributed by atoms with E-state index >= 15 is 0 Å². The third-order valence-corrected chi connectivity index (χ3v) is 5.94. The maximum atomic E-state index is 13.5. The zero-order valence-corrected chi connectivity index (χ0v) is 20.2. The predicted molar refractivity (Wildman–Crippen MR) is 132 cm³/mol. The number of aromatic nitrogens is 1. The largest absolute Gasteiger partial charge is 0.459 e. The van der Waals surface area contributed by atoms with Crippen molar-refractivity contribution in [1.29, 1.82) is 0 Å². The van der Waals surface area contributed by atoms with E-state index in [1.165, 1.54) is 4.90 Å². The number of benzene rings is 2. The lowest BCUT2D eigenvalue weighted by Crippen LogP contribution is -2.57. The molecule has 1 saturated heterocycles. The molecule has 2 N–H and O–H groups in total. The van der Waals surface area contributed by atoms with Crippen LogP contribution < -0.4 is 5.32 Å². The maximum Gasteiger partial charge on any atom is 0.408 e. The molecule has 0 unspecified atom stereocenters. The first-order valence-electron chi connectivity index (χ1n) is 11.7. The Morgan fingerprint density at radius 1 is 1.09 bits per heavy atom. The molecule has 2 heterocycles. The van der Waals surface area contributed by atoms with Crippen LogP contribution >= 0.6 is 0 Å². The van der Waals surface area contributed by atoms with Crippen LogP contribution in [0.1, 0.15) is 44.2 Å². The van der Waals surface area contributed by atoms with Gasteiger partial charge in [0.25, 0.3) is 0 Å². The highest BCUT2D eigenvalue weighted by Crippen LogP contribution is 2.34. The van der Waals surface area contributed by atoms with Crippen molar-refractivity contribution >= 4 is 28.9 Å². The molecule has 184 valence electrons. The molecule has 8 nitrogen and oxygen atoms in total. The number of hydrogen-bond donors (Lipinski definition) is 2. The highest BCUT2D eigenvalue weighted by Gasteiger charge is 2.40. The smallest absolute Gasteiger partial charge is 0.408 e.